The molecule has 2 amide bonds. The standard InChI is InChI=1S/C20H20F2N2O2/c1-12(2)15-5-3-4-6-17(15)23-20(26)13-9-19(25)24(11-13)18-8-7-14(21)10-16(18)22/h3-8,10,12-13H,9,11H2,1-2H3,(H,23,26). The Hall–Kier alpha value is -2.76. The maximum atomic E-state index is 14.0. The molecule has 2 aromatic carbocycles. The summed E-state index contributed by atoms with van der Waals surface area (Å²) >= 11 is 0. The Balaban J connectivity index is 1.75. The molecule has 0 aliphatic carbocycles. The van der Waals surface area contributed by atoms with Gasteiger partial charge in [0.05, 0.1) is 11.6 Å². The summed E-state index contributed by atoms with van der Waals surface area (Å²) < 4.78 is 27.0. The molecule has 6 heteroatoms. The zero-order chi connectivity index (χ0) is 18.8. The minimum atomic E-state index is -0.815. The Bertz CT molecular complexity index is 851. The molecule has 136 valence electrons. The third-order valence-corrected chi connectivity index (χ3v) is 4.54. The maximum absolute atomic E-state index is 14.0. The third kappa shape index (κ3) is 3.59. The van der Waals surface area contributed by atoms with E-state index in [1.807, 2.05) is 38.1 Å². The maximum Gasteiger partial charge on any atom is 0.229 e. The lowest BCUT2D eigenvalue weighted by atomic mass is 10.0. The van der Waals surface area contributed by atoms with Crippen LogP contribution in [0.5, 0.6) is 0 Å². The van der Waals surface area contributed by atoms with Crippen LogP contribution in [-0.2, 0) is 9.59 Å². The van der Waals surface area contributed by atoms with Crippen LogP contribution in [0, 0.1) is 17.6 Å². The number of rotatable bonds is 4. The van der Waals surface area contributed by atoms with E-state index in [9.17, 15) is 18.4 Å². The highest BCUT2D eigenvalue weighted by atomic mass is 19.1. The third-order valence-electron chi connectivity index (χ3n) is 4.54. The Kier molecular flexibility index (Phi) is 5.02. The average molecular weight is 358 g/mol. The average Bonchev–Trinajstić information content (AvgIpc) is 2.97. The zero-order valence-corrected chi connectivity index (χ0v) is 14.6. The van der Waals surface area contributed by atoms with E-state index in [0.717, 1.165) is 17.7 Å². The second-order valence-electron chi connectivity index (χ2n) is 6.73. The van der Waals surface area contributed by atoms with Crippen LogP contribution < -0.4 is 10.2 Å². The molecule has 1 aliphatic rings. The van der Waals surface area contributed by atoms with Gasteiger partial charge in [-0.05, 0) is 29.7 Å². The van der Waals surface area contributed by atoms with Crippen LogP contribution in [-0.4, -0.2) is 18.4 Å². The number of carbonyl (C=O) groups excluding carboxylic acids is 2. The van der Waals surface area contributed by atoms with E-state index in [-0.39, 0.29) is 36.4 Å². The number of nitrogens with one attached hydrogen (secondary N) is 1. The van der Waals surface area contributed by atoms with Crippen LogP contribution in [0.3, 0.4) is 0 Å². The van der Waals surface area contributed by atoms with Crippen LogP contribution in [0.2, 0.25) is 0 Å². The van der Waals surface area contributed by atoms with Gasteiger partial charge in [0.2, 0.25) is 11.8 Å². The molecule has 0 saturated carbocycles. The Labute approximate surface area is 150 Å². The van der Waals surface area contributed by atoms with Crippen LogP contribution in [0.4, 0.5) is 20.2 Å². The summed E-state index contributed by atoms with van der Waals surface area (Å²) in [5.74, 6) is -2.51. The van der Waals surface area contributed by atoms with Gasteiger partial charge in [-0.15, -0.1) is 0 Å². The van der Waals surface area contributed by atoms with Crippen molar-refractivity contribution in [1.82, 2.24) is 0 Å². The van der Waals surface area contributed by atoms with E-state index in [2.05, 4.69) is 5.32 Å². The molecule has 0 aromatic heterocycles. The number of carbonyl (C=O) groups is 2. The number of anilines is 2. The predicted octanol–water partition coefficient (Wildman–Crippen LogP) is 4.08. The monoisotopic (exact) mass is 358 g/mol. The molecule has 2 aromatic rings. The molecule has 1 N–H and O–H groups in total. The van der Waals surface area contributed by atoms with Crippen LogP contribution in [0.15, 0.2) is 42.5 Å². The van der Waals surface area contributed by atoms with Gasteiger partial charge in [-0.2, -0.15) is 0 Å². The number of benzene rings is 2. The van der Waals surface area contributed by atoms with Crippen LogP contribution >= 0.6 is 0 Å². The molecule has 1 heterocycles. The summed E-state index contributed by atoms with van der Waals surface area (Å²) in [4.78, 5) is 26.0. The zero-order valence-electron chi connectivity index (χ0n) is 14.6. The van der Waals surface area contributed by atoms with Crippen molar-refractivity contribution in [2.75, 3.05) is 16.8 Å². The highest BCUT2D eigenvalue weighted by Crippen LogP contribution is 2.30. The fourth-order valence-corrected chi connectivity index (χ4v) is 3.17. The first-order valence-electron chi connectivity index (χ1n) is 8.52. The molecule has 1 aliphatic heterocycles. The van der Waals surface area contributed by atoms with E-state index in [0.29, 0.717) is 5.69 Å². The summed E-state index contributed by atoms with van der Waals surface area (Å²) in [6.07, 6.45) is -0.00745. The molecule has 0 spiro atoms. The van der Waals surface area contributed by atoms with Crippen LogP contribution in [0.25, 0.3) is 0 Å². The topological polar surface area (TPSA) is 49.4 Å². The number of halogens is 2. The second kappa shape index (κ2) is 7.23. The Morgan fingerprint density at radius 2 is 1.92 bits per heavy atom. The van der Waals surface area contributed by atoms with Crippen LogP contribution in [0.1, 0.15) is 31.7 Å². The summed E-state index contributed by atoms with van der Waals surface area (Å²) in [5.41, 5.74) is 1.72. The molecule has 0 radical (unpaired) electrons. The lowest BCUT2D eigenvalue weighted by Crippen LogP contribution is -2.29. The first-order chi connectivity index (χ1) is 12.4. The van der Waals surface area contributed by atoms with Gasteiger partial charge in [0.15, 0.2) is 0 Å². The minimum Gasteiger partial charge on any atom is -0.326 e. The number of amides is 2. The van der Waals surface area contributed by atoms with Crippen molar-refractivity contribution < 1.29 is 18.4 Å². The Morgan fingerprint density at radius 1 is 1.19 bits per heavy atom. The van der Waals surface area contributed by atoms with Gasteiger partial charge >= 0.3 is 0 Å². The summed E-state index contributed by atoms with van der Waals surface area (Å²) in [6, 6.07) is 10.6. The fourth-order valence-electron chi connectivity index (χ4n) is 3.17. The van der Waals surface area contributed by atoms with Crippen molar-refractivity contribution >= 4 is 23.2 Å². The number of hydrogen-bond donors (Lipinski definition) is 1. The van der Waals surface area contributed by atoms with Crippen molar-refractivity contribution in [3.8, 4) is 0 Å². The fraction of sp³-hybridized carbons (Fsp3) is 0.300. The molecule has 1 unspecified atom stereocenters. The van der Waals surface area contributed by atoms with Crippen molar-refractivity contribution in [2.45, 2.75) is 26.2 Å². The van der Waals surface area contributed by atoms with Crippen molar-refractivity contribution in [2.24, 2.45) is 5.92 Å². The first kappa shape index (κ1) is 18.0. The molecular weight excluding hydrogens is 338 g/mol. The van der Waals surface area contributed by atoms with E-state index >= 15 is 0 Å². The van der Waals surface area contributed by atoms with Crippen molar-refractivity contribution in [3.63, 3.8) is 0 Å². The summed E-state index contributed by atoms with van der Waals surface area (Å²) in [5, 5.41) is 2.88. The minimum absolute atomic E-state index is 0.00530. The second-order valence-corrected chi connectivity index (χ2v) is 6.73. The number of nitrogens with zero attached hydrogens (tertiary/aromatic N) is 1. The molecule has 1 atom stereocenters. The predicted molar refractivity (Wildman–Crippen MR) is 96.0 cm³/mol. The van der Waals surface area contributed by atoms with Gasteiger partial charge in [-0.1, -0.05) is 32.0 Å². The molecule has 1 fully saturated rings. The lowest BCUT2D eigenvalue weighted by Gasteiger charge is -2.18. The van der Waals surface area contributed by atoms with Crippen molar-refractivity contribution in [1.29, 1.82) is 0 Å². The largest absolute Gasteiger partial charge is 0.326 e. The SMILES string of the molecule is CC(C)c1ccccc1NC(=O)C1CC(=O)N(c2ccc(F)cc2F)C1. The highest BCUT2D eigenvalue weighted by molar-refractivity contribution is 6.03. The molecule has 0 bridgehead atoms. The highest BCUT2D eigenvalue weighted by Gasteiger charge is 2.36. The normalized spacial score (nSPS) is 17.0. The van der Waals surface area contributed by atoms with Crippen molar-refractivity contribution in [3.05, 3.63) is 59.7 Å². The first-order valence-corrected chi connectivity index (χ1v) is 8.52. The van der Waals surface area contributed by atoms with E-state index < -0.39 is 17.6 Å². The molecule has 26 heavy (non-hydrogen) atoms. The smallest absolute Gasteiger partial charge is 0.229 e. The number of para-hydroxylation sites is 1. The van der Waals surface area contributed by atoms with Gasteiger partial charge in [0.25, 0.3) is 0 Å². The molecule has 1 saturated heterocycles. The quantitative estimate of drug-likeness (QED) is 0.895. The summed E-state index contributed by atoms with van der Waals surface area (Å²) in [6.45, 7) is 4.13. The van der Waals surface area contributed by atoms with Gasteiger partial charge in [0, 0.05) is 24.7 Å². The molecule has 3 rings (SSSR count). The van der Waals surface area contributed by atoms with Gasteiger partial charge < -0.3 is 10.2 Å². The van der Waals surface area contributed by atoms with Gasteiger partial charge in [-0.25, -0.2) is 8.78 Å². The van der Waals surface area contributed by atoms with Gasteiger partial charge in [0.1, 0.15) is 11.6 Å². The van der Waals surface area contributed by atoms with E-state index in [1.165, 1.54) is 11.0 Å². The molecular formula is C20H20F2N2O2. The van der Waals surface area contributed by atoms with Gasteiger partial charge in [-0.3, -0.25) is 9.59 Å². The Morgan fingerprint density at radius 3 is 2.62 bits per heavy atom. The summed E-state index contributed by atoms with van der Waals surface area (Å²) in [7, 11) is 0. The number of hydrogen-bond acceptors (Lipinski definition) is 2. The van der Waals surface area contributed by atoms with E-state index in [4.69, 9.17) is 0 Å². The lowest BCUT2D eigenvalue weighted by molar-refractivity contribution is -0.122. The van der Waals surface area contributed by atoms with E-state index in [1.54, 1.807) is 0 Å². The molecule has 4 nitrogen and oxygen atoms in total.